The van der Waals surface area contributed by atoms with Crippen molar-refractivity contribution in [1.82, 2.24) is 10.6 Å². The second kappa shape index (κ2) is 11.5. The van der Waals surface area contributed by atoms with Crippen LogP contribution in [0.1, 0.15) is 75.0 Å². The zero-order chi connectivity index (χ0) is 25.8. The number of fused-ring (bicyclic) bond motifs is 3. The van der Waals surface area contributed by atoms with Crippen LogP contribution in [0.5, 0.6) is 5.75 Å². The molecule has 5 atom stereocenters. The minimum Gasteiger partial charge on any atom is -0.487 e. The Hall–Kier alpha value is -3.10. The van der Waals surface area contributed by atoms with Crippen molar-refractivity contribution >= 4 is 17.6 Å². The maximum Gasteiger partial charge on any atom is 0.319 e. The molecule has 2 heterocycles. The molecule has 8 heteroatoms. The molecular weight excluding hydrogens is 470 g/mol. The molecule has 3 aliphatic rings. The van der Waals surface area contributed by atoms with Crippen molar-refractivity contribution in [3.63, 3.8) is 0 Å². The van der Waals surface area contributed by atoms with Crippen molar-refractivity contribution in [1.29, 1.82) is 0 Å². The number of rotatable bonds is 7. The topological polar surface area (TPSA) is 109 Å². The fourth-order valence-electron chi connectivity index (χ4n) is 5.90. The van der Waals surface area contributed by atoms with E-state index in [1.54, 1.807) is 0 Å². The highest BCUT2D eigenvalue weighted by Gasteiger charge is 2.46. The number of hydrogen-bond acceptors (Lipinski definition) is 5. The Morgan fingerprint density at radius 2 is 1.86 bits per heavy atom. The van der Waals surface area contributed by atoms with Gasteiger partial charge in [0.2, 0.25) is 5.91 Å². The molecule has 1 saturated heterocycles. The molecular formula is C29H37N3O5. The number of carbonyl (C=O) groups excluding carboxylic acids is 2. The van der Waals surface area contributed by atoms with Gasteiger partial charge in [0.25, 0.3) is 0 Å². The number of anilines is 1. The predicted octanol–water partition coefficient (Wildman–Crippen LogP) is 4.40. The van der Waals surface area contributed by atoms with E-state index in [0.717, 1.165) is 42.6 Å². The largest absolute Gasteiger partial charge is 0.487 e. The Kier molecular flexibility index (Phi) is 7.96. The molecule has 1 aliphatic carbocycles. The lowest BCUT2D eigenvalue weighted by Gasteiger charge is -2.37. The SMILES string of the molecule is C[C@H](NC(=O)C[C@H]1C[C@@H]2c3cc(NC(=O)NC4CCCCC4)ccc3O[C@@H]2[C@@H](CO)O1)c1ccccc1. The van der Waals surface area contributed by atoms with Crippen LogP contribution in [0.25, 0.3) is 0 Å². The maximum atomic E-state index is 12.8. The molecule has 3 amide bonds. The zero-order valence-corrected chi connectivity index (χ0v) is 21.3. The lowest BCUT2D eigenvalue weighted by atomic mass is 9.84. The second-order valence-corrected chi connectivity index (χ2v) is 10.5. The van der Waals surface area contributed by atoms with Crippen LogP contribution in [0.4, 0.5) is 10.5 Å². The standard InChI is InChI=1S/C29H37N3O5/c1-18(19-8-4-2-5-9-19)30-27(34)16-22-15-24-23-14-21(32-29(35)31-20-10-6-3-7-11-20)12-13-25(23)37-28(24)26(17-33)36-22/h2,4-5,8-9,12-14,18,20,22,24,26,28,33H,3,6-7,10-11,15-17H2,1H3,(H,30,34)(H2,31,32,35)/t18-,22+,24+,26+,28-/m0/s1. The van der Waals surface area contributed by atoms with E-state index >= 15 is 0 Å². The van der Waals surface area contributed by atoms with Gasteiger partial charge in [-0.2, -0.15) is 0 Å². The molecule has 2 aliphatic heterocycles. The van der Waals surface area contributed by atoms with Gasteiger partial charge in [-0.25, -0.2) is 4.79 Å². The summed E-state index contributed by atoms with van der Waals surface area (Å²) >= 11 is 0. The summed E-state index contributed by atoms with van der Waals surface area (Å²) in [5.41, 5.74) is 2.72. The molecule has 0 spiro atoms. The fourth-order valence-corrected chi connectivity index (χ4v) is 5.90. The van der Waals surface area contributed by atoms with E-state index in [0.29, 0.717) is 12.1 Å². The van der Waals surface area contributed by atoms with Crippen LogP contribution in [0.15, 0.2) is 48.5 Å². The molecule has 198 valence electrons. The molecule has 0 radical (unpaired) electrons. The second-order valence-electron chi connectivity index (χ2n) is 10.5. The monoisotopic (exact) mass is 507 g/mol. The summed E-state index contributed by atoms with van der Waals surface area (Å²) in [6.45, 7) is 1.77. The van der Waals surface area contributed by atoms with Crippen LogP contribution in [-0.4, -0.2) is 48.0 Å². The number of urea groups is 1. The van der Waals surface area contributed by atoms with Crippen molar-refractivity contribution in [3.05, 3.63) is 59.7 Å². The molecule has 0 unspecified atom stereocenters. The van der Waals surface area contributed by atoms with Crippen LogP contribution >= 0.6 is 0 Å². The summed E-state index contributed by atoms with van der Waals surface area (Å²) in [4.78, 5) is 25.4. The number of nitrogens with one attached hydrogen (secondary N) is 3. The van der Waals surface area contributed by atoms with Gasteiger partial charge in [0.05, 0.1) is 25.2 Å². The number of carbonyl (C=O) groups is 2. The van der Waals surface area contributed by atoms with Crippen molar-refractivity contribution in [3.8, 4) is 5.75 Å². The minimum absolute atomic E-state index is 0.0339. The van der Waals surface area contributed by atoms with E-state index < -0.39 is 6.10 Å². The Morgan fingerprint density at radius 3 is 2.62 bits per heavy atom. The molecule has 0 bridgehead atoms. The van der Waals surface area contributed by atoms with E-state index in [1.807, 2.05) is 55.5 Å². The van der Waals surface area contributed by atoms with Crippen LogP contribution in [0.2, 0.25) is 0 Å². The summed E-state index contributed by atoms with van der Waals surface area (Å²) in [7, 11) is 0. The number of aliphatic hydroxyl groups is 1. The minimum atomic E-state index is -0.526. The van der Waals surface area contributed by atoms with Crippen LogP contribution in [0, 0.1) is 0 Å². The third-order valence-corrected chi connectivity index (χ3v) is 7.79. The zero-order valence-electron chi connectivity index (χ0n) is 21.3. The van der Waals surface area contributed by atoms with Gasteiger partial charge in [0.1, 0.15) is 18.0 Å². The van der Waals surface area contributed by atoms with Crippen molar-refractivity contribution < 1.29 is 24.2 Å². The van der Waals surface area contributed by atoms with Crippen molar-refractivity contribution in [2.75, 3.05) is 11.9 Å². The van der Waals surface area contributed by atoms with Gasteiger partial charge in [-0.3, -0.25) is 4.79 Å². The quantitative estimate of drug-likeness (QED) is 0.444. The number of benzene rings is 2. The highest BCUT2D eigenvalue weighted by molar-refractivity contribution is 5.89. The van der Waals surface area contributed by atoms with Crippen LogP contribution < -0.4 is 20.7 Å². The molecule has 4 N–H and O–H groups in total. The van der Waals surface area contributed by atoms with Gasteiger partial charge in [0.15, 0.2) is 0 Å². The molecule has 2 fully saturated rings. The number of hydrogen-bond donors (Lipinski definition) is 4. The average Bonchev–Trinajstić information content (AvgIpc) is 3.27. The molecule has 5 rings (SSSR count). The Morgan fingerprint density at radius 1 is 1.08 bits per heavy atom. The highest BCUT2D eigenvalue weighted by atomic mass is 16.6. The lowest BCUT2D eigenvalue weighted by molar-refractivity contribution is -0.142. The highest BCUT2D eigenvalue weighted by Crippen LogP contribution is 2.47. The molecule has 0 aromatic heterocycles. The first-order valence-corrected chi connectivity index (χ1v) is 13.5. The lowest BCUT2D eigenvalue weighted by Crippen LogP contribution is -2.47. The van der Waals surface area contributed by atoms with Crippen molar-refractivity contribution in [2.24, 2.45) is 0 Å². The Balaban J connectivity index is 1.22. The summed E-state index contributed by atoms with van der Waals surface area (Å²) in [5.74, 6) is 0.608. The average molecular weight is 508 g/mol. The van der Waals surface area contributed by atoms with E-state index in [-0.39, 0.29) is 55.2 Å². The molecule has 1 saturated carbocycles. The van der Waals surface area contributed by atoms with Gasteiger partial charge < -0.3 is 30.5 Å². The smallest absolute Gasteiger partial charge is 0.319 e. The summed E-state index contributed by atoms with van der Waals surface area (Å²) < 4.78 is 12.3. The number of ether oxygens (including phenoxy) is 2. The van der Waals surface area contributed by atoms with Gasteiger partial charge in [-0.1, -0.05) is 49.6 Å². The van der Waals surface area contributed by atoms with E-state index in [4.69, 9.17) is 9.47 Å². The third kappa shape index (κ3) is 6.08. The summed E-state index contributed by atoms with van der Waals surface area (Å²) in [5, 5.41) is 19.1. The molecule has 2 aromatic carbocycles. The van der Waals surface area contributed by atoms with Gasteiger partial charge in [0, 0.05) is 23.2 Å². The van der Waals surface area contributed by atoms with Gasteiger partial charge >= 0.3 is 6.03 Å². The molecule has 37 heavy (non-hydrogen) atoms. The Bertz CT molecular complexity index is 1090. The first-order valence-electron chi connectivity index (χ1n) is 13.5. The van der Waals surface area contributed by atoms with E-state index in [9.17, 15) is 14.7 Å². The Labute approximate surface area is 218 Å². The van der Waals surface area contributed by atoms with E-state index in [1.165, 1.54) is 6.42 Å². The van der Waals surface area contributed by atoms with E-state index in [2.05, 4.69) is 16.0 Å². The van der Waals surface area contributed by atoms with Crippen molar-refractivity contribution in [2.45, 2.75) is 88.2 Å². The fraction of sp³-hybridized carbons (Fsp3) is 0.517. The van der Waals surface area contributed by atoms with Gasteiger partial charge in [-0.15, -0.1) is 0 Å². The molecule has 2 aromatic rings. The first-order chi connectivity index (χ1) is 18.0. The third-order valence-electron chi connectivity index (χ3n) is 7.79. The molecule has 8 nitrogen and oxygen atoms in total. The number of amides is 3. The van der Waals surface area contributed by atoms with Gasteiger partial charge in [-0.05, 0) is 49.9 Å². The van der Waals surface area contributed by atoms with Crippen LogP contribution in [-0.2, 0) is 9.53 Å². The first kappa shape index (κ1) is 25.5. The summed E-state index contributed by atoms with van der Waals surface area (Å²) in [6.07, 6.45) is 5.20. The van der Waals surface area contributed by atoms with Crippen LogP contribution in [0.3, 0.4) is 0 Å². The normalized spacial score (nSPS) is 25.8. The maximum absolute atomic E-state index is 12.8. The number of aliphatic hydroxyl groups excluding tert-OH is 1. The summed E-state index contributed by atoms with van der Waals surface area (Å²) in [6, 6.07) is 15.4. The predicted molar refractivity (Wildman–Crippen MR) is 141 cm³/mol.